The lowest BCUT2D eigenvalue weighted by Gasteiger charge is -2.28. The van der Waals surface area contributed by atoms with E-state index in [2.05, 4.69) is 10.2 Å². The monoisotopic (exact) mass is 499 g/mol. The lowest BCUT2D eigenvalue weighted by molar-refractivity contribution is 0.102. The number of anilines is 3. The minimum Gasteiger partial charge on any atom is -0.378 e. The maximum absolute atomic E-state index is 13.3. The first-order valence-corrected chi connectivity index (χ1v) is 12.8. The maximum Gasteiger partial charge on any atom is 0.264 e. The molecule has 3 aromatic carbocycles. The van der Waals surface area contributed by atoms with E-state index < -0.39 is 15.9 Å². The summed E-state index contributed by atoms with van der Waals surface area (Å²) in [5, 5.41) is 2.98. The topological polar surface area (TPSA) is 79.0 Å². The van der Waals surface area contributed by atoms with Crippen LogP contribution in [0.1, 0.15) is 17.3 Å². The standard InChI is InChI=1S/C25H26ClN3O4S/c1-2-29(21-6-4-3-5-7-21)34(31,32)22-12-13-24(26)23(18-22)25(30)27-19-8-10-20(11-9-19)28-14-16-33-17-15-28/h3-13,18H,2,14-17H2,1H3,(H,27,30). The molecule has 1 aliphatic rings. The molecular weight excluding hydrogens is 474 g/mol. The summed E-state index contributed by atoms with van der Waals surface area (Å²) in [6, 6.07) is 20.5. The van der Waals surface area contributed by atoms with Crippen molar-refractivity contribution in [3.8, 4) is 0 Å². The largest absolute Gasteiger partial charge is 0.378 e. The van der Waals surface area contributed by atoms with Gasteiger partial charge in [0.25, 0.3) is 15.9 Å². The van der Waals surface area contributed by atoms with E-state index in [0.29, 0.717) is 24.6 Å². The van der Waals surface area contributed by atoms with Gasteiger partial charge in [0.1, 0.15) is 0 Å². The van der Waals surface area contributed by atoms with Crippen LogP contribution in [0.3, 0.4) is 0 Å². The molecule has 0 radical (unpaired) electrons. The number of nitrogens with zero attached hydrogens (tertiary/aromatic N) is 2. The Morgan fingerprint density at radius 2 is 1.71 bits per heavy atom. The molecule has 0 saturated carbocycles. The van der Waals surface area contributed by atoms with Gasteiger partial charge >= 0.3 is 0 Å². The molecule has 0 unspecified atom stereocenters. The van der Waals surface area contributed by atoms with Gasteiger partial charge in [-0.15, -0.1) is 0 Å². The average molecular weight is 500 g/mol. The van der Waals surface area contributed by atoms with E-state index in [1.54, 1.807) is 31.2 Å². The summed E-state index contributed by atoms with van der Waals surface area (Å²) in [7, 11) is -3.89. The Hall–Kier alpha value is -3.07. The molecule has 3 aromatic rings. The number of carbonyl (C=O) groups excluding carboxylic acids is 1. The smallest absolute Gasteiger partial charge is 0.264 e. The second kappa shape index (κ2) is 10.5. The van der Waals surface area contributed by atoms with E-state index >= 15 is 0 Å². The Kier molecular flexibility index (Phi) is 7.41. The molecule has 4 rings (SSSR count). The number of benzene rings is 3. The van der Waals surface area contributed by atoms with Crippen LogP contribution in [-0.2, 0) is 14.8 Å². The van der Waals surface area contributed by atoms with Crippen molar-refractivity contribution < 1.29 is 17.9 Å². The maximum atomic E-state index is 13.3. The van der Waals surface area contributed by atoms with Gasteiger partial charge in [-0.05, 0) is 61.5 Å². The van der Waals surface area contributed by atoms with Gasteiger partial charge in [-0.1, -0.05) is 29.8 Å². The summed E-state index contributed by atoms with van der Waals surface area (Å²) in [5.74, 6) is -0.482. The SMILES string of the molecule is CCN(c1ccccc1)S(=O)(=O)c1ccc(Cl)c(C(=O)Nc2ccc(N3CCOCC3)cc2)c1. The molecule has 7 nitrogen and oxygen atoms in total. The molecule has 0 spiro atoms. The molecule has 178 valence electrons. The number of sulfonamides is 1. The van der Waals surface area contributed by atoms with Crippen LogP contribution < -0.4 is 14.5 Å². The van der Waals surface area contributed by atoms with Gasteiger partial charge in [-0.2, -0.15) is 0 Å². The third-order valence-electron chi connectivity index (χ3n) is 5.60. The lowest BCUT2D eigenvalue weighted by atomic mass is 10.2. The quantitative estimate of drug-likeness (QED) is 0.512. The van der Waals surface area contributed by atoms with Crippen LogP contribution in [0.25, 0.3) is 0 Å². The van der Waals surface area contributed by atoms with Gasteiger partial charge in [0.05, 0.1) is 34.4 Å². The zero-order valence-electron chi connectivity index (χ0n) is 18.8. The normalized spacial score (nSPS) is 14.0. The minimum absolute atomic E-state index is 0.00424. The Balaban J connectivity index is 1.55. The van der Waals surface area contributed by atoms with Crippen molar-refractivity contribution in [3.05, 3.63) is 83.4 Å². The van der Waals surface area contributed by atoms with Crippen LogP contribution in [0, 0.1) is 0 Å². The number of hydrogen-bond acceptors (Lipinski definition) is 5. The number of halogens is 1. The number of carbonyl (C=O) groups is 1. The van der Waals surface area contributed by atoms with Gasteiger partial charge < -0.3 is 15.0 Å². The van der Waals surface area contributed by atoms with Crippen LogP contribution in [0.5, 0.6) is 0 Å². The van der Waals surface area contributed by atoms with Crippen LogP contribution in [0.15, 0.2) is 77.7 Å². The molecule has 9 heteroatoms. The Bertz CT molecular complexity index is 1240. The number of nitrogens with one attached hydrogen (secondary N) is 1. The van der Waals surface area contributed by atoms with E-state index in [0.717, 1.165) is 18.8 Å². The number of morpholine rings is 1. The summed E-state index contributed by atoms with van der Waals surface area (Å²) >= 11 is 6.28. The van der Waals surface area contributed by atoms with Crippen LogP contribution in [0.2, 0.25) is 5.02 Å². The molecule has 34 heavy (non-hydrogen) atoms. The van der Waals surface area contributed by atoms with Crippen LogP contribution in [0.4, 0.5) is 17.1 Å². The molecule has 0 bridgehead atoms. The predicted molar refractivity (Wildman–Crippen MR) is 136 cm³/mol. The number of ether oxygens (including phenoxy) is 1. The fourth-order valence-electron chi connectivity index (χ4n) is 3.83. The summed E-state index contributed by atoms with van der Waals surface area (Å²) < 4.78 is 33.3. The van der Waals surface area contributed by atoms with E-state index in [1.165, 1.54) is 22.5 Å². The molecule has 1 heterocycles. The molecule has 0 aromatic heterocycles. The van der Waals surface area contributed by atoms with Crippen molar-refractivity contribution in [1.29, 1.82) is 0 Å². The molecule has 1 saturated heterocycles. The van der Waals surface area contributed by atoms with Crippen molar-refractivity contribution in [2.45, 2.75) is 11.8 Å². The zero-order chi connectivity index (χ0) is 24.1. The third kappa shape index (κ3) is 5.19. The molecule has 1 amide bonds. The molecule has 0 atom stereocenters. The van der Waals surface area contributed by atoms with Crippen molar-refractivity contribution in [2.75, 3.05) is 47.4 Å². The number of amides is 1. The number of rotatable bonds is 7. The summed E-state index contributed by atoms with van der Waals surface area (Å²) in [5.41, 5.74) is 2.27. The second-order valence-electron chi connectivity index (χ2n) is 7.75. The molecule has 1 N–H and O–H groups in total. The van der Waals surface area contributed by atoms with Gasteiger partial charge in [-0.3, -0.25) is 9.10 Å². The second-order valence-corrected chi connectivity index (χ2v) is 10.0. The number of hydrogen-bond donors (Lipinski definition) is 1. The summed E-state index contributed by atoms with van der Waals surface area (Å²) in [6.07, 6.45) is 0. The molecule has 1 fully saturated rings. The van der Waals surface area contributed by atoms with E-state index in [4.69, 9.17) is 16.3 Å². The average Bonchev–Trinajstić information content (AvgIpc) is 2.86. The van der Waals surface area contributed by atoms with E-state index in [9.17, 15) is 13.2 Å². The molecular formula is C25H26ClN3O4S. The van der Waals surface area contributed by atoms with Crippen LogP contribution in [-0.4, -0.2) is 47.2 Å². The fraction of sp³-hybridized carbons (Fsp3) is 0.240. The first-order chi connectivity index (χ1) is 16.4. The Labute approximate surface area is 205 Å². The van der Waals surface area contributed by atoms with Crippen LogP contribution >= 0.6 is 11.6 Å². The Morgan fingerprint density at radius 3 is 2.35 bits per heavy atom. The summed E-state index contributed by atoms with van der Waals surface area (Å²) in [6.45, 7) is 5.02. The van der Waals surface area contributed by atoms with Crippen molar-refractivity contribution >= 4 is 44.6 Å². The van der Waals surface area contributed by atoms with E-state index in [1.807, 2.05) is 30.3 Å². The highest BCUT2D eigenvalue weighted by atomic mass is 35.5. The minimum atomic E-state index is -3.89. The lowest BCUT2D eigenvalue weighted by Crippen LogP contribution is -2.36. The van der Waals surface area contributed by atoms with E-state index in [-0.39, 0.29) is 22.0 Å². The molecule has 0 aliphatic carbocycles. The first kappa shape index (κ1) is 24.1. The van der Waals surface area contributed by atoms with Crippen molar-refractivity contribution in [2.24, 2.45) is 0 Å². The van der Waals surface area contributed by atoms with Crippen molar-refractivity contribution in [1.82, 2.24) is 0 Å². The highest BCUT2D eigenvalue weighted by Gasteiger charge is 2.25. The van der Waals surface area contributed by atoms with Gasteiger partial charge in [-0.25, -0.2) is 8.42 Å². The Morgan fingerprint density at radius 1 is 1.03 bits per heavy atom. The molecule has 1 aliphatic heterocycles. The van der Waals surface area contributed by atoms with Crippen molar-refractivity contribution in [3.63, 3.8) is 0 Å². The van der Waals surface area contributed by atoms with Gasteiger partial charge in [0.2, 0.25) is 0 Å². The summed E-state index contributed by atoms with van der Waals surface area (Å²) in [4.78, 5) is 15.2. The third-order valence-corrected chi connectivity index (χ3v) is 7.83. The fourth-order valence-corrected chi connectivity index (χ4v) is 5.53. The van der Waals surface area contributed by atoms with Gasteiger partial charge in [0, 0.05) is 31.0 Å². The highest BCUT2D eigenvalue weighted by Crippen LogP contribution is 2.27. The zero-order valence-corrected chi connectivity index (χ0v) is 20.3. The first-order valence-electron chi connectivity index (χ1n) is 11.0. The predicted octanol–water partition coefficient (Wildman–Crippen LogP) is 4.64. The number of para-hydroxylation sites is 1. The van der Waals surface area contributed by atoms with Gasteiger partial charge in [0.15, 0.2) is 0 Å². The highest BCUT2D eigenvalue weighted by molar-refractivity contribution is 7.92.